The Morgan fingerprint density at radius 2 is 0.476 bits per heavy atom. The minimum Gasteiger partial charge on any atom is -0.462 e. The smallest absolute Gasteiger partial charge is 0.306 e. The van der Waals surface area contributed by atoms with Gasteiger partial charge in [-0.1, -0.05) is 303 Å². The van der Waals surface area contributed by atoms with E-state index in [4.69, 9.17) is 14.2 Å². The van der Waals surface area contributed by atoms with Crippen LogP contribution in [-0.2, 0) is 28.6 Å². The maximum atomic E-state index is 12.9. The van der Waals surface area contributed by atoms with Crippen LogP contribution in [0.4, 0.5) is 0 Å². The first-order valence-electron chi connectivity index (χ1n) is 34.5. The van der Waals surface area contributed by atoms with E-state index < -0.39 is 6.10 Å². The van der Waals surface area contributed by atoms with Crippen LogP contribution >= 0.6 is 0 Å². The molecule has 0 aliphatic rings. The molecule has 6 heteroatoms. The van der Waals surface area contributed by atoms with E-state index in [0.29, 0.717) is 19.3 Å². The van der Waals surface area contributed by atoms with E-state index in [-0.39, 0.29) is 31.1 Å². The molecule has 0 rings (SSSR count). The molecule has 1 atom stereocenters. The number of esters is 3. The number of carbonyl (C=O) groups excluding carboxylic acids is 3. The van der Waals surface area contributed by atoms with Crippen molar-refractivity contribution in [3.05, 3.63) is 122 Å². The van der Waals surface area contributed by atoms with Crippen molar-refractivity contribution in [1.29, 1.82) is 0 Å². The number of hydrogen-bond acceptors (Lipinski definition) is 6. The monoisotopic (exact) mass is 1140 g/mol. The summed E-state index contributed by atoms with van der Waals surface area (Å²) in [5.41, 5.74) is 0. The molecule has 0 fully saturated rings. The van der Waals surface area contributed by atoms with Crippen molar-refractivity contribution >= 4 is 17.9 Å². The highest BCUT2D eigenvalue weighted by molar-refractivity contribution is 5.71. The summed E-state index contributed by atoms with van der Waals surface area (Å²) in [4.78, 5) is 38.3. The second-order valence-corrected chi connectivity index (χ2v) is 22.7. The maximum Gasteiger partial charge on any atom is 0.306 e. The molecule has 0 heterocycles. The van der Waals surface area contributed by atoms with Crippen molar-refractivity contribution in [2.45, 2.75) is 329 Å². The molecule has 6 nitrogen and oxygen atoms in total. The minimum atomic E-state index is -0.786. The Balaban J connectivity index is 4.18. The lowest BCUT2D eigenvalue weighted by Crippen LogP contribution is -2.30. The van der Waals surface area contributed by atoms with Crippen LogP contribution in [0.3, 0.4) is 0 Å². The van der Waals surface area contributed by atoms with Crippen LogP contribution in [-0.4, -0.2) is 37.2 Å². The van der Waals surface area contributed by atoms with Crippen molar-refractivity contribution < 1.29 is 28.6 Å². The Morgan fingerprint density at radius 3 is 0.756 bits per heavy atom. The van der Waals surface area contributed by atoms with Gasteiger partial charge in [0, 0.05) is 19.3 Å². The molecule has 0 amide bonds. The Kier molecular flexibility index (Phi) is 65.8. The minimum absolute atomic E-state index is 0.0819. The fraction of sp³-hybridized carbons (Fsp3) is 0.697. The van der Waals surface area contributed by atoms with E-state index in [9.17, 15) is 14.4 Å². The van der Waals surface area contributed by atoms with Gasteiger partial charge in [-0.2, -0.15) is 0 Å². The molecule has 0 radical (unpaired) electrons. The van der Waals surface area contributed by atoms with Gasteiger partial charge in [0.05, 0.1) is 0 Å². The zero-order chi connectivity index (χ0) is 59.2. The van der Waals surface area contributed by atoms with Crippen LogP contribution < -0.4 is 0 Å². The number of ether oxygens (including phenoxy) is 3. The summed E-state index contributed by atoms with van der Waals surface area (Å²) in [7, 11) is 0. The quantitative estimate of drug-likeness (QED) is 0.0261. The van der Waals surface area contributed by atoms with E-state index in [1.54, 1.807) is 0 Å². The molecule has 82 heavy (non-hydrogen) atoms. The first-order valence-corrected chi connectivity index (χ1v) is 34.5. The van der Waals surface area contributed by atoms with E-state index in [1.165, 1.54) is 154 Å². The molecule has 0 saturated heterocycles. The topological polar surface area (TPSA) is 78.9 Å². The number of carbonyl (C=O) groups is 3. The van der Waals surface area contributed by atoms with Crippen LogP contribution in [0.15, 0.2) is 122 Å². The van der Waals surface area contributed by atoms with Gasteiger partial charge in [0.1, 0.15) is 13.2 Å². The molecule has 0 aromatic carbocycles. The predicted molar refractivity (Wildman–Crippen MR) is 357 cm³/mol. The highest BCUT2D eigenvalue weighted by atomic mass is 16.6. The summed E-state index contributed by atoms with van der Waals surface area (Å²) < 4.78 is 16.9. The third-order valence-electron chi connectivity index (χ3n) is 14.7. The fourth-order valence-corrected chi connectivity index (χ4v) is 9.58. The van der Waals surface area contributed by atoms with Crippen LogP contribution in [0.25, 0.3) is 0 Å². The summed E-state index contributed by atoms with van der Waals surface area (Å²) in [5, 5.41) is 0. The lowest BCUT2D eigenvalue weighted by Gasteiger charge is -2.18. The van der Waals surface area contributed by atoms with E-state index in [2.05, 4.69) is 142 Å². The molecular weight excluding hydrogens is 1010 g/mol. The summed E-state index contributed by atoms with van der Waals surface area (Å²) in [6.07, 6.45) is 96.6. The molecule has 0 N–H and O–H groups in total. The molecule has 468 valence electrons. The van der Waals surface area contributed by atoms with Crippen LogP contribution in [0.5, 0.6) is 0 Å². The van der Waals surface area contributed by atoms with Gasteiger partial charge >= 0.3 is 17.9 Å². The second kappa shape index (κ2) is 69.3. The van der Waals surface area contributed by atoms with Gasteiger partial charge in [-0.05, 0) is 122 Å². The second-order valence-electron chi connectivity index (χ2n) is 22.7. The molecule has 0 aliphatic heterocycles. The number of rotatable bonds is 62. The van der Waals surface area contributed by atoms with Crippen molar-refractivity contribution in [3.8, 4) is 0 Å². The molecule has 0 spiro atoms. The third-order valence-corrected chi connectivity index (χ3v) is 14.7. The maximum absolute atomic E-state index is 12.9. The summed E-state index contributed by atoms with van der Waals surface area (Å²) in [6, 6.07) is 0. The van der Waals surface area contributed by atoms with E-state index >= 15 is 0 Å². The van der Waals surface area contributed by atoms with Gasteiger partial charge in [0.2, 0.25) is 0 Å². The Hall–Kier alpha value is -4.19. The van der Waals surface area contributed by atoms with Gasteiger partial charge < -0.3 is 14.2 Å². The number of allylic oxidation sites excluding steroid dienone is 20. The zero-order valence-electron chi connectivity index (χ0n) is 53.7. The highest BCUT2D eigenvalue weighted by Crippen LogP contribution is 2.17. The molecular formula is C76H128O6. The molecule has 0 bridgehead atoms. The Labute approximate surface area is 507 Å². The zero-order valence-corrected chi connectivity index (χ0v) is 53.7. The lowest BCUT2D eigenvalue weighted by atomic mass is 10.0. The van der Waals surface area contributed by atoms with Crippen molar-refractivity contribution in [1.82, 2.24) is 0 Å². The van der Waals surface area contributed by atoms with Crippen LogP contribution in [0, 0.1) is 0 Å². The largest absolute Gasteiger partial charge is 0.462 e. The fourth-order valence-electron chi connectivity index (χ4n) is 9.58. The van der Waals surface area contributed by atoms with Gasteiger partial charge in [-0.3, -0.25) is 14.4 Å². The van der Waals surface area contributed by atoms with E-state index in [1.807, 2.05) is 0 Å². The standard InChI is InChI=1S/C76H128O6/c1-4-7-10-13-16-19-22-24-26-28-30-32-34-35-36-37-38-39-40-41-43-44-46-48-50-52-54-57-60-63-66-69-75(78)81-72-73(71-80-74(77)68-65-62-59-56-21-18-15-12-9-6-3)82-76(79)70-67-64-61-58-55-53-51-49-47-45-42-33-31-29-27-25-23-20-17-14-11-8-5-2/h7-8,10-12,15-17,19-20,24-27,30-33,35-36,73H,4-6,9,13-14,18,21-23,28-29,34,37-72H2,1-3H3/b10-7-,11-8-,15-12-,19-16-,20-17-,26-24-,27-25-,32-30-,33-31-,36-35-. The van der Waals surface area contributed by atoms with Gasteiger partial charge in [0.15, 0.2) is 6.10 Å². The Bertz CT molecular complexity index is 1690. The molecule has 0 aromatic rings. The first-order chi connectivity index (χ1) is 40.5. The number of unbranched alkanes of at least 4 members (excludes halogenated alkanes) is 31. The summed E-state index contributed by atoms with van der Waals surface area (Å²) in [5.74, 6) is -0.888. The van der Waals surface area contributed by atoms with Gasteiger partial charge in [-0.25, -0.2) is 0 Å². The van der Waals surface area contributed by atoms with Gasteiger partial charge in [-0.15, -0.1) is 0 Å². The average Bonchev–Trinajstić information content (AvgIpc) is 3.47. The first kappa shape index (κ1) is 77.8. The van der Waals surface area contributed by atoms with Crippen LogP contribution in [0.1, 0.15) is 323 Å². The molecule has 0 aromatic heterocycles. The van der Waals surface area contributed by atoms with Crippen molar-refractivity contribution in [2.75, 3.05) is 13.2 Å². The summed E-state index contributed by atoms with van der Waals surface area (Å²) >= 11 is 0. The predicted octanol–water partition coefficient (Wildman–Crippen LogP) is 23.9. The highest BCUT2D eigenvalue weighted by Gasteiger charge is 2.19. The number of hydrogen-bond donors (Lipinski definition) is 0. The lowest BCUT2D eigenvalue weighted by molar-refractivity contribution is -0.167. The SMILES string of the molecule is CC/C=C\C/C=C\C/C=C\C/C=C\C/C=C\CCCCCCCCCCCCCCCCCC(=O)OCC(COC(=O)CCCCCCC/C=C\CCC)OC(=O)CCCCCCCCCCCC/C=C\C/C=C\C/C=C\C/C=C\CC. The average molecular weight is 1140 g/mol. The van der Waals surface area contributed by atoms with E-state index in [0.717, 1.165) is 128 Å². The Morgan fingerprint density at radius 1 is 0.256 bits per heavy atom. The van der Waals surface area contributed by atoms with Crippen LogP contribution in [0.2, 0.25) is 0 Å². The summed E-state index contributed by atoms with van der Waals surface area (Å²) in [6.45, 7) is 6.37. The molecule has 0 saturated carbocycles. The van der Waals surface area contributed by atoms with Gasteiger partial charge in [0.25, 0.3) is 0 Å². The molecule has 0 aliphatic carbocycles. The molecule has 1 unspecified atom stereocenters. The third kappa shape index (κ3) is 66.6. The van der Waals surface area contributed by atoms with Crippen molar-refractivity contribution in [2.24, 2.45) is 0 Å². The normalized spacial score (nSPS) is 12.9. The van der Waals surface area contributed by atoms with Crippen molar-refractivity contribution in [3.63, 3.8) is 0 Å².